The Labute approximate surface area is 210 Å². The molecule has 1 atom stereocenters. The smallest absolute Gasteiger partial charge is 0.275 e. The van der Waals surface area contributed by atoms with Crippen LogP contribution in [0.3, 0.4) is 0 Å². The monoisotopic (exact) mass is 514 g/mol. The number of rotatable bonds is 6. The van der Waals surface area contributed by atoms with Crippen molar-refractivity contribution in [2.75, 3.05) is 0 Å². The van der Waals surface area contributed by atoms with Crippen molar-refractivity contribution < 1.29 is 18.7 Å². The van der Waals surface area contributed by atoms with E-state index in [-0.39, 0.29) is 27.8 Å². The Kier molecular flexibility index (Phi) is 6.72. The quantitative estimate of drug-likeness (QED) is 0.337. The van der Waals surface area contributed by atoms with Gasteiger partial charge in [0.1, 0.15) is 17.2 Å². The summed E-state index contributed by atoms with van der Waals surface area (Å²) in [4.78, 5) is 29.2. The number of carbonyl (C=O) groups excluding carboxylic acids is 1. The topological polar surface area (TPSA) is 99.5 Å². The molecule has 3 N–H and O–H groups in total. The minimum Gasteiger partial charge on any atom is -0.388 e. The summed E-state index contributed by atoms with van der Waals surface area (Å²) in [5.41, 5.74) is -0.241. The highest BCUT2D eigenvalue weighted by molar-refractivity contribution is 6.30. The molecule has 10 heteroatoms. The number of nitrogens with one attached hydrogen (secondary N) is 2. The molecule has 0 aliphatic heterocycles. The number of carbonyl (C=O) groups is 1. The minimum atomic E-state index is -1.38. The number of hydrogen-bond donors (Lipinski definition) is 3. The van der Waals surface area contributed by atoms with Gasteiger partial charge in [0.05, 0.1) is 22.2 Å². The summed E-state index contributed by atoms with van der Waals surface area (Å²) >= 11 is 5.76. The third kappa shape index (κ3) is 4.89. The van der Waals surface area contributed by atoms with E-state index in [1.165, 1.54) is 61.0 Å². The zero-order valence-corrected chi connectivity index (χ0v) is 20.8. The maximum atomic E-state index is 14.0. The summed E-state index contributed by atoms with van der Waals surface area (Å²) in [7, 11) is 0. The Balaban J connectivity index is 1.80. The number of fused-ring (bicyclic) bond motifs is 1. The number of amides is 1. The molecule has 188 valence electrons. The van der Waals surface area contributed by atoms with Gasteiger partial charge in [0.15, 0.2) is 5.82 Å². The molecular weight excluding hydrogens is 490 g/mol. The van der Waals surface area contributed by atoms with E-state index < -0.39 is 34.7 Å². The molecule has 4 aromatic rings. The molecule has 1 amide bonds. The number of nitrogens with zero attached hydrogens (tertiary/aromatic N) is 2. The molecule has 0 fully saturated rings. The van der Waals surface area contributed by atoms with Gasteiger partial charge in [-0.2, -0.15) is 0 Å². The molecule has 0 unspecified atom stereocenters. The second-order valence-electron chi connectivity index (χ2n) is 9.45. The molecule has 0 aliphatic rings. The SMILES string of the molecule is CC(C)c1c(C(=O)N[C@@H](c2ccc(F)cc2)C(C)(C)O)cn2nc(-c3ccc(Cl)c(F)c3)[nH]c(=O)c12. The van der Waals surface area contributed by atoms with Gasteiger partial charge in [0, 0.05) is 17.3 Å². The van der Waals surface area contributed by atoms with Crippen LogP contribution in [-0.2, 0) is 0 Å². The molecule has 0 spiro atoms. The van der Waals surface area contributed by atoms with Crippen LogP contribution in [-0.4, -0.2) is 31.2 Å². The van der Waals surface area contributed by atoms with E-state index >= 15 is 0 Å². The van der Waals surface area contributed by atoms with Crippen molar-refractivity contribution in [1.82, 2.24) is 19.9 Å². The van der Waals surface area contributed by atoms with Crippen molar-refractivity contribution in [3.63, 3.8) is 0 Å². The molecule has 0 bridgehead atoms. The fourth-order valence-corrected chi connectivity index (χ4v) is 4.30. The largest absolute Gasteiger partial charge is 0.388 e. The average Bonchev–Trinajstić information content (AvgIpc) is 3.20. The molecule has 2 aromatic carbocycles. The van der Waals surface area contributed by atoms with E-state index in [1.807, 2.05) is 13.8 Å². The van der Waals surface area contributed by atoms with Crippen LogP contribution in [0.1, 0.15) is 61.1 Å². The summed E-state index contributed by atoms with van der Waals surface area (Å²) in [5.74, 6) is -1.78. The maximum Gasteiger partial charge on any atom is 0.275 e. The Morgan fingerprint density at radius 1 is 1.17 bits per heavy atom. The lowest BCUT2D eigenvalue weighted by Gasteiger charge is -2.30. The van der Waals surface area contributed by atoms with Gasteiger partial charge in [0.2, 0.25) is 0 Å². The number of aromatic amines is 1. The fraction of sp³-hybridized carbons (Fsp3) is 0.269. The van der Waals surface area contributed by atoms with Gasteiger partial charge in [-0.1, -0.05) is 37.6 Å². The lowest BCUT2D eigenvalue weighted by Crippen LogP contribution is -2.42. The number of halogens is 3. The molecule has 7 nitrogen and oxygen atoms in total. The lowest BCUT2D eigenvalue weighted by molar-refractivity contribution is 0.0343. The molecule has 2 heterocycles. The second kappa shape index (κ2) is 9.48. The zero-order chi connectivity index (χ0) is 26.4. The molecule has 0 saturated carbocycles. The van der Waals surface area contributed by atoms with Crippen LogP contribution < -0.4 is 10.9 Å². The molecule has 4 rings (SSSR count). The van der Waals surface area contributed by atoms with Crippen molar-refractivity contribution in [1.29, 1.82) is 0 Å². The third-order valence-corrected chi connectivity index (χ3v) is 6.19. The van der Waals surface area contributed by atoms with Crippen LogP contribution in [0.25, 0.3) is 16.9 Å². The minimum absolute atomic E-state index is 0.0632. The molecule has 0 aliphatic carbocycles. The van der Waals surface area contributed by atoms with E-state index in [1.54, 1.807) is 0 Å². The molecular formula is C26H25ClF2N4O3. The van der Waals surface area contributed by atoms with E-state index in [4.69, 9.17) is 11.6 Å². The Morgan fingerprint density at radius 3 is 2.42 bits per heavy atom. The summed E-state index contributed by atoms with van der Waals surface area (Å²) in [5, 5.41) is 17.9. The van der Waals surface area contributed by atoms with Crippen LogP contribution in [0.4, 0.5) is 8.78 Å². The molecule has 2 aromatic heterocycles. The Morgan fingerprint density at radius 2 is 1.83 bits per heavy atom. The van der Waals surface area contributed by atoms with E-state index in [0.29, 0.717) is 16.7 Å². The third-order valence-electron chi connectivity index (χ3n) is 5.88. The predicted octanol–water partition coefficient (Wildman–Crippen LogP) is 4.99. The first-order chi connectivity index (χ1) is 16.9. The Bertz CT molecular complexity index is 1500. The number of aliphatic hydroxyl groups is 1. The van der Waals surface area contributed by atoms with Crippen LogP contribution in [0.15, 0.2) is 53.5 Å². The van der Waals surface area contributed by atoms with Crippen molar-refractivity contribution >= 4 is 23.0 Å². The normalized spacial score (nSPS) is 12.8. The van der Waals surface area contributed by atoms with Crippen LogP contribution in [0.5, 0.6) is 0 Å². The fourth-order valence-electron chi connectivity index (χ4n) is 4.18. The number of H-pyrrole nitrogens is 1. The predicted molar refractivity (Wildman–Crippen MR) is 133 cm³/mol. The van der Waals surface area contributed by atoms with Crippen molar-refractivity contribution in [3.8, 4) is 11.4 Å². The lowest BCUT2D eigenvalue weighted by atomic mass is 9.91. The highest BCUT2D eigenvalue weighted by Gasteiger charge is 2.32. The summed E-state index contributed by atoms with van der Waals surface area (Å²) in [6.45, 7) is 6.73. The molecule has 36 heavy (non-hydrogen) atoms. The van der Waals surface area contributed by atoms with Gasteiger partial charge in [-0.15, -0.1) is 5.10 Å². The number of hydrogen-bond acceptors (Lipinski definition) is 4. The number of aromatic nitrogens is 3. The standard InChI is InChI=1S/C26H25ClF2N4O3/c1-13(2)20-17(24(34)30-22(26(3,4)36)14-5-8-16(28)9-6-14)12-33-21(20)25(35)31-23(32-33)15-7-10-18(27)19(29)11-15/h5-13,22,36H,1-4H3,(H,30,34)(H,31,32,35)/t22-/m0/s1. The highest BCUT2D eigenvalue weighted by atomic mass is 35.5. The van der Waals surface area contributed by atoms with Crippen molar-refractivity contribution in [2.24, 2.45) is 0 Å². The van der Waals surface area contributed by atoms with Crippen LogP contribution in [0, 0.1) is 11.6 Å². The van der Waals surface area contributed by atoms with Gasteiger partial charge >= 0.3 is 0 Å². The van der Waals surface area contributed by atoms with Crippen molar-refractivity contribution in [3.05, 3.63) is 92.4 Å². The van der Waals surface area contributed by atoms with E-state index in [2.05, 4.69) is 15.4 Å². The highest BCUT2D eigenvalue weighted by Crippen LogP contribution is 2.29. The van der Waals surface area contributed by atoms with Crippen LogP contribution >= 0.6 is 11.6 Å². The number of benzene rings is 2. The summed E-state index contributed by atoms with van der Waals surface area (Å²) < 4.78 is 28.7. The first kappa shape index (κ1) is 25.5. The maximum absolute atomic E-state index is 14.0. The Hall–Kier alpha value is -3.56. The van der Waals surface area contributed by atoms with E-state index in [0.717, 1.165) is 6.07 Å². The van der Waals surface area contributed by atoms with Gasteiger partial charge in [-0.05, 0) is 55.7 Å². The van der Waals surface area contributed by atoms with Crippen molar-refractivity contribution in [2.45, 2.75) is 45.3 Å². The van der Waals surface area contributed by atoms with Gasteiger partial charge < -0.3 is 15.4 Å². The molecule has 0 saturated heterocycles. The van der Waals surface area contributed by atoms with Gasteiger partial charge in [0.25, 0.3) is 11.5 Å². The van der Waals surface area contributed by atoms with E-state index in [9.17, 15) is 23.5 Å². The first-order valence-corrected chi connectivity index (χ1v) is 11.6. The van der Waals surface area contributed by atoms with Crippen LogP contribution in [0.2, 0.25) is 5.02 Å². The van der Waals surface area contributed by atoms with Gasteiger partial charge in [-0.25, -0.2) is 13.3 Å². The second-order valence-corrected chi connectivity index (χ2v) is 9.85. The zero-order valence-electron chi connectivity index (χ0n) is 20.1. The van der Waals surface area contributed by atoms with Gasteiger partial charge in [-0.3, -0.25) is 9.59 Å². The first-order valence-electron chi connectivity index (χ1n) is 11.3. The summed E-state index contributed by atoms with van der Waals surface area (Å²) in [6.07, 6.45) is 1.43. The molecule has 0 radical (unpaired) electrons. The summed E-state index contributed by atoms with van der Waals surface area (Å²) in [6, 6.07) is 8.64. The average molecular weight is 515 g/mol.